The van der Waals surface area contributed by atoms with E-state index >= 15 is 0 Å². The van der Waals surface area contributed by atoms with Crippen molar-refractivity contribution >= 4 is 17.5 Å². The molecule has 2 rings (SSSR count). The van der Waals surface area contributed by atoms with Crippen LogP contribution in [0.2, 0.25) is 0 Å². The van der Waals surface area contributed by atoms with Crippen LogP contribution < -0.4 is 10.6 Å². The van der Waals surface area contributed by atoms with E-state index in [9.17, 15) is 9.59 Å². The van der Waals surface area contributed by atoms with Crippen molar-refractivity contribution in [3.63, 3.8) is 0 Å². The fraction of sp³-hybridized carbons (Fsp3) is 0.529. The molecule has 1 atom stereocenters. The average Bonchev–Trinajstić information content (AvgIpc) is 2.57. The summed E-state index contributed by atoms with van der Waals surface area (Å²) >= 11 is 0. The first-order valence-electron chi connectivity index (χ1n) is 8.09. The predicted molar refractivity (Wildman–Crippen MR) is 88.0 cm³/mol. The minimum atomic E-state index is -0.129. The molecule has 120 valence electrons. The van der Waals surface area contributed by atoms with Crippen LogP contribution >= 0.6 is 0 Å². The van der Waals surface area contributed by atoms with Gasteiger partial charge in [-0.05, 0) is 51.4 Å². The number of amides is 2. The molecule has 5 heteroatoms. The minimum absolute atomic E-state index is 0.00288. The zero-order chi connectivity index (χ0) is 15.9. The van der Waals surface area contributed by atoms with Gasteiger partial charge in [0.2, 0.25) is 5.91 Å². The van der Waals surface area contributed by atoms with Gasteiger partial charge in [-0.1, -0.05) is 12.5 Å². The maximum Gasteiger partial charge on any atom is 0.253 e. The SMILES string of the molecule is CCN(CC)C(=O)c1cccc(NC(=O)[C@H]2CCCCN2)c1. The van der Waals surface area contributed by atoms with Crippen LogP contribution in [-0.2, 0) is 4.79 Å². The van der Waals surface area contributed by atoms with E-state index in [-0.39, 0.29) is 17.9 Å². The third-order valence-corrected chi connectivity index (χ3v) is 4.05. The summed E-state index contributed by atoms with van der Waals surface area (Å²) in [6.45, 7) is 6.16. The van der Waals surface area contributed by atoms with Crippen molar-refractivity contribution in [3.8, 4) is 0 Å². The van der Waals surface area contributed by atoms with Gasteiger partial charge in [-0.25, -0.2) is 0 Å². The monoisotopic (exact) mass is 303 g/mol. The molecule has 0 saturated carbocycles. The smallest absolute Gasteiger partial charge is 0.253 e. The van der Waals surface area contributed by atoms with Crippen LogP contribution in [0.3, 0.4) is 0 Å². The molecule has 0 radical (unpaired) electrons. The Balaban J connectivity index is 2.04. The summed E-state index contributed by atoms with van der Waals surface area (Å²) in [5.41, 5.74) is 1.29. The van der Waals surface area contributed by atoms with Crippen LogP contribution in [-0.4, -0.2) is 42.4 Å². The molecular formula is C17H25N3O2. The molecule has 1 aromatic rings. The number of hydrogen-bond acceptors (Lipinski definition) is 3. The first-order chi connectivity index (χ1) is 10.7. The molecular weight excluding hydrogens is 278 g/mol. The molecule has 1 fully saturated rings. The number of nitrogens with zero attached hydrogens (tertiary/aromatic N) is 1. The highest BCUT2D eigenvalue weighted by Crippen LogP contribution is 2.15. The summed E-state index contributed by atoms with van der Waals surface area (Å²) in [7, 11) is 0. The second-order valence-corrected chi connectivity index (χ2v) is 5.55. The molecule has 0 aromatic heterocycles. The second kappa shape index (κ2) is 7.94. The van der Waals surface area contributed by atoms with Crippen molar-refractivity contribution in [2.75, 3.05) is 25.0 Å². The number of benzene rings is 1. The van der Waals surface area contributed by atoms with Gasteiger partial charge in [-0.3, -0.25) is 9.59 Å². The van der Waals surface area contributed by atoms with Crippen molar-refractivity contribution in [1.29, 1.82) is 0 Å². The zero-order valence-corrected chi connectivity index (χ0v) is 13.4. The van der Waals surface area contributed by atoms with Crippen LogP contribution in [0.4, 0.5) is 5.69 Å². The van der Waals surface area contributed by atoms with Gasteiger partial charge in [0.15, 0.2) is 0 Å². The molecule has 1 aliphatic heterocycles. The Hall–Kier alpha value is -1.88. The fourth-order valence-electron chi connectivity index (χ4n) is 2.73. The molecule has 22 heavy (non-hydrogen) atoms. The summed E-state index contributed by atoms with van der Waals surface area (Å²) in [6, 6.07) is 7.03. The maximum absolute atomic E-state index is 12.3. The van der Waals surface area contributed by atoms with E-state index in [0.717, 1.165) is 25.8 Å². The molecule has 0 unspecified atom stereocenters. The molecule has 1 saturated heterocycles. The summed E-state index contributed by atoms with van der Waals surface area (Å²) in [4.78, 5) is 26.3. The van der Waals surface area contributed by atoms with E-state index in [2.05, 4.69) is 10.6 Å². The Labute approximate surface area is 132 Å². The number of piperidine rings is 1. The van der Waals surface area contributed by atoms with Gasteiger partial charge in [0.25, 0.3) is 5.91 Å². The molecule has 1 aromatic carbocycles. The van der Waals surface area contributed by atoms with E-state index in [0.29, 0.717) is 24.3 Å². The summed E-state index contributed by atoms with van der Waals surface area (Å²) in [5.74, 6) is -0.0240. The fourth-order valence-corrected chi connectivity index (χ4v) is 2.73. The molecule has 1 heterocycles. The van der Waals surface area contributed by atoms with E-state index < -0.39 is 0 Å². The van der Waals surface area contributed by atoms with Gasteiger partial charge in [-0.2, -0.15) is 0 Å². The van der Waals surface area contributed by atoms with Crippen molar-refractivity contribution < 1.29 is 9.59 Å². The first-order valence-corrected chi connectivity index (χ1v) is 8.09. The topological polar surface area (TPSA) is 61.4 Å². The molecule has 5 nitrogen and oxygen atoms in total. The lowest BCUT2D eigenvalue weighted by molar-refractivity contribution is -0.118. The number of hydrogen-bond donors (Lipinski definition) is 2. The largest absolute Gasteiger partial charge is 0.339 e. The lowest BCUT2D eigenvalue weighted by Crippen LogP contribution is -2.43. The Morgan fingerprint density at radius 3 is 2.68 bits per heavy atom. The van der Waals surface area contributed by atoms with Crippen LogP contribution in [0.15, 0.2) is 24.3 Å². The molecule has 0 spiro atoms. The maximum atomic E-state index is 12.3. The standard InChI is InChI=1S/C17H25N3O2/c1-3-20(4-2)17(22)13-8-7-9-14(12-13)19-16(21)15-10-5-6-11-18-15/h7-9,12,15,18H,3-6,10-11H2,1-2H3,(H,19,21)/t15-/m1/s1. The number of anilines is 1. The van der Waals surface area contributed by atoms with Crippen molar-refractivity contribution in [2.45, 2.75) is 39.2 Å². The van der Waals surface area contributed by atoms with E-state index in [1.807, 2.05) is 19.9 Å². The van der Waals surface area contributed by atoms with Crippen LogP contribution in [0.25, 0.3) is 0 Å². The van der Waals surface area contributed by atoms with E-state index in [1.54, 1.807) is 23.1 Å². The highest BCUT2D eigenvalue weighted by atomic mass is 16.2. The Bertz CT molecular complexity index is 520. The Kier molecular flexibility index (Phi) is 5.95. The minimum Gasteiger partial charge on any atom is -0.339 e. The lowest BCUT2D eigenvalue weighted by Gasteiger charge is -2.23. The van der Waals surface area contributed by atoms with Gasteiger partial charge in [0.05, 0.1) is 6.04 Å². The summed E-state index contributed by atoms with van der Waals surface area (Å²) < 4.78 is 0. The quantitative estimate of drug-likeness (QED) is 0.877. The highest BCUT2D eigenvalue weighted by Gasteiger charge is 2.21. The summed E-state index contributed by atoms with van der Waals surface area (Å²) in [5, 5.41) is 6.14. The first kappa shape index (κ1) is 16.5. The average molecular weight is 303 g/mol. The van der Waals surface area contributed by atoms with Crippen molar-refractivity contribution in [3.05, 3.63) is 29.8 Å². The van der Waals surface area contributed by atoms with Gasteiger partial charge in [0, 0.05) is 24.3 Å². The van der Waals surface area contributed by atoms with Crippen LogP contribution in [0.1, 0.15) is 43.5 Å². The second-order valence-electron chi connectivity index (χ2n) is 5.55. The summed E-state index contributed by atoms with van der Waals surface area (Å²) in [6.07, 6.45) is 3.06. The van der Waals surface area contributed by atoms with E-state index in [1.165, 1.54) is 0 Å². The normalized spacial score (nSPS) is 17.8. The number of carbonyl (C=O) groups is 2. The number of rotatable bonds is 5. The van der Waals surface area contributed by atoms with E-state index in [4.69, 9.17) is 0 Å². The zero-order valence-electron chi connectivity index (χ0n) is 13.4. The van der Waals surface area contributed by atoms with Crippen LogP contribution in [0, 0.1) is 0 Å². The molecule has 1 aliphatic rings. The van der Waals surface area contributed by atoms with Gasteiger partial charge in [-0.15, -0.1) is 0 Å². The predicted octanol–water partition coefficient (Wildman–Crippen LogP) is 2.25. The number of nitrogens with one attached hydrogen (secondary N) is 2. The molecule has 2 amide bonds. The Morgan fingerprint density at radius 2 is 2.05 bits per heavy atom. The van der Waals surface area contributed by atoms with Crippen molar-refractivity contribution in [1.82, 2.24) is 10.2 Å². The third-order valence-electron chi connectivity index (χ3n) is 4.05. The molecule has 0 bridgehead atoms. The molecule has 0 aliphatic carbocycles. The van der Waals surface area contributed by atoms with Crippen molar-refractivity contribution in [2.24, 2.45) is 0 Å². The third kappa shape index (κ3) is 4.07. The van der Waals surface area contributed by atoms with Crippen LogP contribution in [0.5, 0.6) is 0 Å². The highest BCUT2D eigenvalue weighted by molar-refractivity contribution is 5.98. The van der Waals surface area contributed by atoms with Gasteiger partial charge in [0.1, 0.15) is 0 Å². The molecule has 2 N–H and O–H groups in total. The Morgan fingerprint density at radius 1 is 1.27 bits per heavy atom. The van der Waals surface area contributed by atoms with Gasteiger partial charge >= 0.3 is 0 Å². The van der Waals surface area contributed by atoms with Gasteiger partial charge < -0.3 is 15.5 Å². The lowest BCUT2D eigenvalue weighted by atomic mass is 10.0. The number of carbonyl (C=O) groups excluding carboxylic acids is 2.